The highest BCUT2D eigenvalue weighted by atomic mass is 14.9. The highest BCUT2D eigenvalue weighted by molar-refractivity contribution is 5.79. The van der Waals surface area contributed by atoms with Crippen LogP contribution >= 0.6 is 0 Å². The second kappa shape index (κ2) is 3.37. The standard InChI is InChI=1S/C14H11N/c1-3-7-13-11(5-1)9-10-12-6-2-4-8-14(12)15-13/h1-10,15H/p+1. The van der Waals surface area contributed by atoms with E-state index in [9.17, 15) is 0 Å². The minimum Gasteiger partial charge on any atom is -0.281 e. The summed E-state index contributed by atoms with van der Waals surface area (Å²) < 4.78 is 0. The summed E-state index contributed by atoms with van der Waals surface area (Å²) in [7, 11) is 0. The van der Waals surface area contributed by atoms with Crippen LogP contribution in [0.4, 0.5) is 11.4 Å². The van der Waals surface area contributed by atoms with E-state index in [1.807, 2.05) is 0 Å². The lowest BCUT2D eigenvalue weighted by atomic mass is 10.1. The van der Waals surface area contributed by atoms with Crippen molar-refractivity contribution in [1.82, 2.24) is 0 Å². The van der Waals surface area contributed by atoms with Crippen molar-refractivity contribution in [3.05, 3.63) is 59.7 Å². The number of rotatable bonds is 0. The first-order valence-corrected chi connectivity index (χ1v) is 5.14. The minimum absolute atomic E-state index is 1.29. The summed E-state index contributed by atoms with van der Waals surface area (Å²) in [5.74, 6) is 0. The molecule has 2 N–H and O–H groups in total. The van der Waals surface area contributed by atoms with Crippen LogP contribution in [0.25, 0.3) is 12.2 Å². The molecule has 0 saturated carbocycles. The molecule has 1 nitrogen and oxygen atoms in total. The molecule has 1 heteroatoms. The molecule has 0 aliphatic carbocycles. The van der Waals surface area contributed by atoms with Gasteiger partial charge in [0.25, 0.3) is 0 Å². The Hall–Kier alpha value is -1.86. The van der Waals surface area contributed by atoms with Crippen LogP contribution in [0.2, 0.25) is 0 Å². The van der Waals surface area contributed by atoms with Crippen LogP contribution in [0.3, 0.4) is 0 Å². The molecule has 1 aliphatic heterocycles. The van der Waals surface area contributed by atoms with Crippen LogP contribution in [-0.2, 0) is 0 Å². The van der Waals surface area contributed by atoms with Crippen molar-refractivity contribution in [3.63, 3.8) is 0 Å². The SMILES string of the molecule is C1=Cc2ccccc2[NH2+]c2ccccc21. The summed E-state index contributed by atoms with van der Waals surface area (Å²) in [6.45, 7) is 0. The van der Waals surface area contributed by atoms with Crippen LogP contribution in [-0.4, -0.2) is 0 Å². The Morgan fingerprint density at radius 1 is 0.600 bits per heavy atom. The topological polar surface area (TPSA) is 16.6 Å². The van der Waals surface area contributed by atoms with Gasteiger partial charge in [-0.2, -0.15) is 0 Å². The van der Waals surface area contributed by atoms with Crippen molar-refractivity contribution < 1.29 is 5.32 Å². The molecule has 3 rings (SSSR count). The van der Waals surface area contributed by atoms with E-state index in [4.69, 9.17) is 0 Å². The molecule has 0 amide bonds. The smallest absolute Gasteiger partial charge is 0.141 e. The Bertz CT molecular complexity index is 479. The highest BCUT2D eigenvalue weighted by Crippen LogP contribution is 2.21. The normalized spacial score (nSPS) is 12.8. The molecule has 2 aromatic rings. The fourth-order valence-electron chi connectivity index (χ4n) is 1.94. The summed E-state index contributed by atoms with van der Waals surface area (Å²) in [4.78, 5) is 0. The largest absolute Gasteiger partial charge is 0.281 e. The van der Waals surface area contributed by atoms with E-state index in [1.54, 1.807) is 0 Å². The lowest BCUT2D eigenvalue weighted by Crippen LogP contribution is -2.71. The second-order valence-corrected chi connectivity index (χ2v) is 3.74. The first kappa shape index (κ1) is 8.45. The Balaban J connectivity index is 2.19. The van der Waals surface area contributed by atoms with Crippen LogP contribution in [0, 0.1) is 0 Å². The Morgan fingerprint density at radius 3 is 1.60 bits per heavy atom. The summed E-state index contributed by atoms with van der Waals surface area (Å²) >= 11 is 0. The third-order valence-electron chi connectivity index (χ3n) is 2.75. The van der Waals surface area contributed by atoms with Gasteiger partial charge in [-0.05, 0) is 24.3 Å². The van der Waals surface area contributed by atoms with E-state index in [0.717, 1.165) is 0 Å². The van der Waals surface area contributed by atoms with E-state index >= 15 is 0 Å². The maximum absolute atomic E-state index is 2.24. The fraction of sp³-hybridized carbons (Fsp3) is 0. The molecule has 0 unspecified atom stereocenters. The Labute approximate surface area is 89.1 Å². The molecule has 2 aromatic carbocycles. The third-order valence-corrected chi connectivity index (χ3v) is 2.75. The molecular weight excluding hydrogens is 182 g/mol. The molecule has 0 spiro atoms. The average molecular weight is 194 g/mol. The minimum atomic E-state index is 1.29. The number of nitrogens with two attached hydrogens (primary N) is 1. The lowest BCUT2D eigenvalue weighted by molar-refractivity contribution is -0.478. The van der Waals surface area contributed by atoms with E-state index < -0.39 is 0 Å². The monoisotopic (exact) mass is 194 g/mol. The van der Waals surface area contributed by atoms with Gasteiger partial charge in [0.1, 0.15) is 11.4 Å². The van der Waals surface area contributed by atoms with Crippen molar-refractivity contribution in [1.29, 1.82) is 0 Å². The Morgan fingerprint density at radius 2 is 1.07 bits per heavy atom. The number of quaternary nitrogens is 1. The summed E-state index contributed by atoms with van der Waals surface area (Å²) in [5.41, 5.74) is 5.15. The molecule has 1 aliphatic rings. The third kappa shape index (κ3) is 1.47. The number of para-hydroxylation sites is 2. The molecule has 0 bridgehead atoms. The van der Waals surface area contributed by atoms with Crippen molar-refractivity contribution in [3.8, 4) is 0 Å². The van der Waals surface area contributed by atoms with Gasteiger partial charge in [0.2, 0.25) is 0 Å². The predicted octanol–water partition coefficient (Wildman–Crippen LogP) is 2.70. The molecular formula is C14H12N+. The van der Waals surface area contributed by atoms with E-state index in [0.29, 0.717) is 0 Å². The van der Waals surface area contributed by atoms with Gasteiger partial charge >= 0.3 is 0 Å². The first-order chi connectivity index (χ1) is 7.43. The van der Waals surface area contributed by atoms with Crippen molar-refractivity contribution in [2.75, 3.05) is 0 Å². The zero-order chi connectivity index (χ0) is 10.1. The van der Waals surface area contributed by atoms with Gasteiger partial charge in [0.05, 0.1) is 0 Å². The van der Waals surface area contributed by atoms with E-state index in [1.165, 1.54) is 22.5 Å². The first-order valence-electron chi connectivity index (χ1n) is 5.14. The Kier molecular flexibility index (Phi) is 1.90. The van der Waals surface area contributed by atoms with Gasteiger partial charge in [-0.15, -0.1) is 0 Å². The maximum Gasteiger partial charge on any atom is 0.141 e. The quantitative estimate of drug-likeness (QED) is 0.530. The summed E-state index contributed by atoms with van der Waals surface area (Å²) in [6, 6.07) is 16.9. The van der Waals surface area contributed by atoms with Crippen LogP contribution < -0.4 is 5.32 Å². The summed E-state index contributed by atoms with van der Waals surface area (Å²) in [6.07, 6.45) is 4.36. The molecule has 0 fully saturated rings. The zero-order valence-electron chi connectivity index (χ0n) is 8.35. The molecule has 15 heavy (non-hydrogen) atoms. The van der Waals surface area contributed by atoms with Crippen LogP contribution in [0.15, 0.2) is 48.5 Å². The van der Waals surface area contributed by atoms with Crippen LogP contribution in [0.1, 0.15) is 11.1 Å². The predicted molar refractivity (Wildman–Crippen MR) is 63.1 cm³/mol. The zero-order valence-corrected chi connectivity index (χ0v) is 8.35. The van der Waals surface area contributed by atoms with Gasteiger partial charge in [0, 0.05) is 23.3 Å². The lowest BCUT2D eigenvalue weighted by Gasteiger charge is -2.02. The van der Waals surface area contributed by atoms with Crippen molar-refractivity contribution in [2.45, 2.75) is 0 Å². The van der Waals surface area contributed by atoms with Crippen LogP contribution in [0.5, 0.6) is 0 Å². The number of hydrogen-bond acceptors (Lipinski definition) is 0. The number of fused-ring (bicyclic) bond motifs is 2. The van der Waals surface area contributed by atoms with E-state index in [2.05, 4.69) is 66.0 Å². The van der Waals surface area contributed by atoms with Gasteiger partial charge in [0.15, 0.2) is 0 Å². The average Bonchev–Trinajstić information content (AvgIpc) is 2.48. The molecule has 0 radical (unpaired) electrons. The fourth-order valence-corrected chi connectivity index (χ4v) is 1.94. The van der Waals surface area contributed by atoms with Gasteiger partial charge in [-0.1, -0.05) is 24.3 Å². The van der Waals surface area contributed by atoms with Crippen molar-refractivity contribution >= 4 is 23.5 Å². The molecule has 72 valence electrons. The number of benzene rings is 2. The molecule has 1 heterocycles. The molecule has 0 atom stereocenters. The van der Waals surface area contributed by atoms with Gasteiger partial charge < -0.3 is 0 Å². The van der Waals surface area contributed by atoms with Gasteiger partial charge in [-0.25, -0.2) is 0 Å². The second-order valence-electron chi connectivity index (χ2n) is 3.74. The molecule has 0 saturated heterocycles. The van der Waals surface area contributed by atoms with Gasteiger partial charge in [-0.3, -0.25) is 5.32 Å². The van der Waals surface area contributed by atoms with Crippen molar-refractivity contribution in [2.24, 2.45) is 0 Å². The summed E-state index contributed by atoms with van der Waals surface area (Å²) in [5, 5.41) is 2.24. The molecule has 0 aromatic heterocycles. The van der Waals surface area contributed by atoms with E-state index in [-0.39, 0.29) is 0 Å². The number of hydrogen-bond donors (Lipinski definition) is 1. The highest BCUT2D eigenvalue weighted by Gasteiger charge is 2.10. The maximum atomic E-state index is 2.24.